The average Bonchev–Trinajstić information content (AvgIpc) is 3.06. The monoisotopic (exact) mass is 322 g/mol. The van der Waals surface area contributed by atoms with Crippen LogP contribution in [0.4, 0.5) is 0 Å². The van der Waals surface area contributed by atoms with Gasteiger partial charge in [0.1, 0.15) is 5.75 Å². The quantitative estimate of drug-likeness (QED) is 0.722. The molecule has 128 valence electrons. The summed E-state index contributed by atoms with van der Waals surface area (Å²) in [5.41, 5.74) is 1.81. The topological polar surface area (TPSA) is 54.0 Å². The summed E-state index contributed by atoms with van der Waals surface area (Å²) in [5, 5.41) is 0. The second kappa shape index (κ2) is 7.79. The molecule has 5 heteroatoms. The van der Waals surface area contributed by atoms with Gasteiger partial charge in [0.25, 0.3) is 0 Å². The summed E-state index contributed by atoms with van der Waals surface area (Å²) >= 11 is 0. The van der Waals surface area contributed by atoms with E-state index in [4.69, 9.17) is 18.9 Å². The highest BCUT2D eigenvalue weighted by Crippen LogP contribution is 2.36. The number of hydrogen-bond acceptors (Lipinski definition) is 5. The zero-order valence-corrected chi connectivity index (χ0v) is 14.4. The van der Waals surface area contributed by atoms with Gasteiger partial charge in [-0.15, -0.1) is 0 Å². The lowest BCUT2D eigenvalue weighted by Crippen LogP contribution is -2.28. The number of hydrogen-bond donors (Lipinski definition) is 0. The number of benzene rings is 1. The molecule has 0 aromatic heterocycles. The number of rotatable bonds is 7. The molecule has 1 fully saturated rings. The highest BCUT2D eigenvalue weighted by Gasteiger charge is 2.32. The lowest BCUT2D eigenvalue weighted by molar-refractivity contribution is -0.142. The molecule has 0 amide bonds. The zero-order valence-electron chi connectivity index (χ0n) is 14.4. The summed E-state index contributed by atoms with van der Waals surface area (Å²) in [7, 11) is 3.08. The van der Waals surface area contributed by atoms with E-state index in [0.717, 1.165) is 29.7 Å². The summed E-state index contributed by atoms with van der Waals surface area (Å²) in [6.45, 7) is 5.37. The second-order valence-corrected chi connectivity index (χ2v) is 6.21. The second-order valence-electron chi connectivity index (χ2n) is 6.21. The first kappa shape index (κ1) is 17.8. The Balaban J connectivity index is 2.20. The molecular weight excluding hydrogens is 296 g/mol. The van der Waals surface area contributed by atoms with Crippen molar-refractivity contribution in [2.75, 3.05) is 27.4 Å². The molecule has 0 aliphatic carbocycles. The van der Waals surface area contributed by atoms with Gasteiger partial charge in [0.05, 0.1) is 33.9 Å². The van der Waals surface area contributed by atoms with E-state index in [2.05, 4.69) is 13.0 Å². The van der Waals surface area contributed by atoms with Gasteiger partial charge in [-0.25, -0.2) is 0 Å². The van der Waals surface area contributed by atoms with Crippen molar-refractivity contribution in [3.63, 3.8) is 0 Å². The van der Waals surface area contributed by atoms with Crippen LogP contribution in [-0.2, 0) is 24.4 Å². The number of carbonyl (C=O) groups excluding carboxylic acids is 1. The van der Waals surface area contributed by atoms with Crippen molar-refractivity contribution >= 4 is 5.97 Å². The van der Waals surface area contributed by atoms with E-state index in [1.807, 2.05) is 19.1 Å². The van der Waals surface area contributed by atoms with Crippen molar-refractivity contribution in [3.8, 4) is 5.75 Å². The highest BCUT2D eigenvalue weighted by molar-refractivity contribution is 5.71. The summed E-state index contributed by atoms with van der Waals surface area (Å²) in [5.74, 6) is 0.630. The first-order valence-electron chi connectivity index (χ1n) is 7.93. The summed E-state index contributed by atoms with van der Waals surface area (Å²) in [6.07, 6.45) is 1.67. The minimum absolute atomic E-state index is 0.175. The van der Waals surface area contributed by atoms with Crippen LogP contribution >= 0.6 is 0 Å². The largest absolute Gasteiger partial charge is 0.496 e. The van der Waals surface area contributed by atoms with E-state index in [-0.39, 0.29) is 17.7 Å². The van der Waals surface area contributed by atoms with Crippen LogP contribution in [0.25, 0.3) is 0 Å². The fourth-order valence-corrected chi connectivity index (χ4v) is 2.99. The maximum absolute atomic E-state index is 11.9. The van der Waals surface area contributed by atoms with E-state index in [1.165, 1.54) is 7.11 Å². The maximum Gasteiger partial charge on any atom is 0.306 e. The van der Waals surface area contributed by atoms with Crippen LogP contribution in [0.1, 0.15) is 37.3 Å². The van der Waals surface area contributed by atoms with Gasteiger partial charge in [-0.05, 0) is 37.0 Å². The third-order valence-electron chi connectivity index (χ3n) is 4.48. The lowest BCUT2D eigenvalue weighted by Gasteiger charge is -2.30. The van der Waals surface area contributed by atoms with Gasteiger partial charge in [-0.3, -0.25) is 4.79 Å². The van der Waals surface area contributed by atoms with Crippen LogP contribution in [0, 0.1) is 6.92 Å². The number of methoxy groups -OCH3 is 2. The molecule has 0 radical (unpaired) electrons. The Morgan fingerprint density at radius 3 is 2.57 bits per heavy atom. The molecule has 0 N–H and O–H groups in total. The van der Waals surface area contributed by atoms with Crippen LogP contribution in [-0.4, -0.2) is 39.7 Å². The Bertz CT molecular complexity index is 536. The number of carbonyl (C=O) groups is 1. The Labute approximate surface area is 137 Å². The molecule has 1 aromatic rings. The molecule has 0 saturated carbocycles. The lowest BCUT2D eigenvalue weighted by atomic mass is 9.75. The van der Waals surface area contributed by atoms with Gasteiger partial charge < -0.3 is 18.9 Å². The Kier molecular flexibility index (Phi) is 6.02. The first-order valence-corrected chi connectivity index (χ1v) is 7.93. The SMILES string of the molecule is COC(=O)CC(C)(CCC1OCCO1)c1ccc(OC)c(C)c1. The Hall–Kier alpha value is -1.59. The number of esters is 1. The van der Waals surface area contributed by atoms with Gasteiger partial charge in [-0.1, -0.05) is 19.1 Å². The molecule has 1 aromatic carbocycles. The highest BCUT2D eigenvalue weighted by atomic mass is 16.7. The molecular formula is C18H26O5. The molecule has 1 aliphatic heterocycles. The third kappa shape index (κ3) is 4.45. The van der Waals surface area contributed by atoms with E-state index in [0.29, 0.717) is 19.6 Å². The molecule has 5 nitrogen and oxygen atoms in total. The maximum atomic E-state index is 11.9. The van der Waals surface area contributed by atoms with Crippen LogP contribution in [0.5, 0.6) is 5.75 Å². The predicted molar refractivity (Wildman–Crippen MR) is 86.6 cm³/mol. The van der Waals surface area contributed by atoms with E-state index in [9.17, 15) is 4.79 Å². The van der Waals surface area contributed by atoms with Crippen LogP contribution in [0.3, 0.4) is 0 Å². The minimum Gasteiger partial charge on any atom is -0.496 e. The normalized spacial score (nSPS) is 17.7. The molecule has 1 saturated heterocycles. The number of ether oxygens (including phenoxy) is 4. The Morgan fingerprint density at radius 1 is 1.30 bits per heavy atom. The number of aryl methyl sites for hydroxylation is 1. The zero-order chi connectivity index (χ0) is 16.9. The summed E-state index contributed by atoms with van der Waals surface area (Å²) in [4.78, 5) is 11.9. The fourth-order valence-electron chi connectivity index (χ4n) is 2.99. The molecule has 1 atom stereocenters. The van der Waals surface area contributed by atoms with Crippen molar-refractivity contribution < 1.29 is 23.7 Å². The average molecular weight is 322 g/mol. The van der Waals surface area contributed by atoms with Crippen molar-refractivity contribution in [2.45, 2.75) is 44.8 Å². The standard InChI is InChI=1S/C18H26O5/c1-13-11-14(5-6-15(13)20-3)18(2,12-16(19)21-4)8-7-17-22-9-10-23-17/h5-6,11,17H,7-10,12H2,1-4H3. The van der Waals surface area contributed by atoms with E-state index >= 15 is 0 Å². The minimum atomic E-state index is -0.334. The molecule has 0 bridgehead atoms. The Morgan fingerprint density at radius 2 is 2.00 bits per heavy atom. The van der Waals surface area contributed by atoms with Crippen LogP contribution < -0.4 is 4.74 Å². The first-order chi connectivity index (χ1) is 11.0. The summed E-state index contributed by atoms with van der Waals surface area (Å²) in [6, 6.07) is 6.05. The third-order valence-corrected chi connectivity index (χ3v) is 4.48. The van der Waals surface area contributed by atoms with Crippen LogP contribution in [0.15, 0.2) is 18.2 Å². The molecule has 0 spiro atoms. The van der Waals surface area contributed by atoms with Crippen molar-refractivity contribution in [2.24, 2.45) is 0 Å². The van der Waals surface area contributed by atoms with Gasteiger partial charge in [0.2, 0.25) is 0 Å². The molecule has 2 rings (SSSR count). The van der Waals surface area contributed by atoms with Gasteiger partial charge in [-0.2, -0.15) is 0 Å². The van der Waals surface area contributed by atoms with Gasteiger partial charge in [0, 0.05) is 5.41 Å². The van der Waals surface area contributed by atoms with Gasteiger partial charge >= 0.3 is 5.97 Å². The predicted octanol–water partition coefficient (Wildman–Crippen LogP) is 2.98. The molecule has 1 unspecified atom stereocenters. The van der Waals surface area contributed by atoms with Crippen LogP contribution in [0.2, 0.25) is 0 Å². The van der Waals surface area contributed by atoms with E-state index in [1.54, 1.807) is 7.11 Å². The van der Waals surface area contributed by atoms with E-state index < -0.39 is 0 Å². The van der Waals surface area contributed by atoms with Crippen molar-refractivity contribution in [1.82, 2.24) is 0 Å². The van der Waals surface area contributed by atoms with Crippen molar-refractivity contribution in [3.05, 3.63) is 29.3 Å². The molecule has 1 aliphatic rings. The summed E-state index contributed by atoms with van der Waals surface area (Å²) < 4.78 is 21.2. The smallest absolute Gasteiger partial charge is 0.306 e. The van der Waals surface area contributed by atoms with Crippen molar-refractivity contribution in [1.29, 1.82) is 0 Å². The molecule has 1 heterocycles. The van der Waals surface area contributed by atoms with Gasteiger partial charge in [0.15, 0.2) is 6.29 Å². The molecule has 23 heavy (non-hydrogen) atoms. The fraction of sp³-hybridized carbons (Fsp3) is 0.611.